The van der Waals surface area contributed by atoms with E-state index < -0.39 is 0 Å². The first-order valence-corrected chi connectivity index (χ1v) is 7.51. The molecule has 1 aromatic carbocycles. The minimum Gasteiger partial charge on any atom is -0.494 e. The van der Waals surface area contributed by atoms with Gasteiger partial charge in [-0.2, -0.15) is 0 Å². The van der Waals surface area contributed by atoms with Crippen molar-refractivity contribution in [2.24, 2.45) is 5.92 Å². The van der Waals surface area contributed by atoms with Gasteiger partial charge in [-0.15, -0.1) is 5.92 Å². The second-order valence-corrected chi connectivity index (χ2v) is 4.82. The Morgan fingerprint density at radius 2 is 1.75 bits per heavy atom. The van der Waals surface area contributed by atoms with E-state index in [1.807, 2.05) is 26.0 Å². The van der Waals surface area contributed by atoms with Crippen LogP contribution in [0.1, 0.15) is 52.5 Å². The van der Waals surface area contributed by atoms with Gasteiger partial charge in [0.25, 0.3) is 0 Å². The molecule has 0 fully saturated rings. The molecule has 0 saturated carbocycles. The molecule has 0 radical (unpaired) electrons. The molecular weight excluding hydrogens is 248 g/mol. The first-order chi connectivity index (χ1) is 9.63. The molecule has 2 nitrogen and oxygen atoms in total. The van der Waals surface area contributed by atoms with Crippen LogP contribution in [0.4, 0.5) is 0 Å². The molecule has 0 N–H and O–H groups in total. The predicted molar refractivity (Wildman–Crippen MR) is 84.4 cm³/mol. The van der Waals surface area contributed by atoms with E-state index in [4.69, 9.17) is 9.47 Å². The molecule has 2 atom stereocenters. The summed E-state index contributed by atoms with van der Waals surface area (Å²) in [5.74, 6) is 8.92. The monoisotopic (exact) mass is 274 g/mol. The van der Waals surface area contributed by atoms with Crippen molar-refractivity contribution in [1.29, 1.82) is 0 Å². The quantitative estimate of drug-likeness (QED) is 0.704. The van der Waals surface area contributed by atoms with E-state index in [1.165, 1.54) is 5.56 Å². The van der Waals surface area contributed by atoms with Gasteiger partial charge >= 0.3 is 0 Å². The van der Waals surface area contributed by atoms with E-state index >= 15 is 0 Å². The van der Waals surface area contributed by atoms with Gasteiger partial charge in [0.2, 0.25) is 0 Å². The predicted octanol–water partition coefficient (Wildman–Crippen LogP) is 4.64. The molecule has 0 amide bonds. The summed E-state index contributed by atoms with van der Waals surface area (Å²) in [5.41, 5.74) is 1.18. The van der Waals surface area contributed by atoms with Crippen molar-refractivity contribution in [3.8, 4) is 23.3 Å². The Kier molecular flexibility index (Phi) is 7.01. The average molecular weight is 274 g/mol. The van der Waals surface area contributed by atoms with Crippen LogP contribution in [0.25, 0.3) is 0 Å². The molecule has 0 aliphatic heterocycles. The number of ether oxygens (including phenoxy) is 2. The summed E-state index contributed by atoms with van der Waals surface area (Å²) in [6, 6.07) is 6.05. The van der Waals surface area contributed by atoms with Gasteiger partial charge in [-0.05, 0) is 38.0 Å². The number of benzene rings is 1. The Bertz CT molecular complexity index is 468. The smallest absolute Gasteiger partial charge is 0.123 e. The highest BCUT2D eigenvalue weighted by Crippen LogP contribution is 2.34. The van der Waals surface area contributed by atoms with E-state index in [9.17, 15) is 0 Å². The normalized spacial score (nSPS) is 13.1. The zero-order valence-corrected chi connectivity index (χ0v) is 13.3. The fourth-order valence-corrected chi connectivity index (χ4v) is 2.08. The second-order valence-electron chi connectivity index (χ2n) is 4.82. The Morgan fingerprint density at radius 3 is 2.35 bits per heavy atom. The minimum absolute atomic E-state index is 0.297. The maximum Gasteiger partial charge on any atom is 0.123 e. The van der Waals surface area contributed by atoms with Gasteiger partial charge in [0.15, 0.2) is 0 Å². The second kappa shape index (κ2) is 8.53. The molecule has 2 unspecified atom stereocenters. The zero-order valence-electron chi connectivity index (χ0n) is 13.3. The van der Waals surface area contributed by atoms with Crippen molar-refractivity contribution in [2.75, 3.05) is 13.2 Å². The molecule has 0 bridgehead atoms. The van der Waals surface area contributed by atoms with Gasteiger partial charge in [-0.3, -0.25) is 0 Å². The number of rotatable bonds is 6. The van der Waals surface area contributed by atoms with Crippen LogP contribution >= 0.6 is 0 Å². The minimum atomic E-state index is 0.297. The molecule has 0 spiro atoms. The van der Waals surface area contributed by atoms with Crippen LogP contribution in [0, 0.1) is 17.8 Å². The summed E-state index contributed by atoms with van der Waals surface area (Å²) in [4.78, 5) is 0. The van der Waals surface area contributed by atoms with Gasteiger partial charge < -0.3 is 9.47 Å². The van der Waals surface area contributed by atoms with Crippen LogP contribution in [-0.2, 0) is 0 Å². The number of hydrogen-bond acceptors (Lipinski definition) is 2. The van der Waals surface area contributed by atoms with Gasteiger partial charge in [0.1, 0.15) is 11.5 Å². The van der Waals surface area contributed by atoms with Crippen LogP contribution < -0.4 is 9.47 Å². The van der Waals surface area contributed by atoms with Crippen molar-refractivity contribution in [3.05, 3.63) is 23.8 Å². The molecule has 0 aliphatic rings. The van der Waals surface area contributed by atoms with Crippen molar-refractivity contribution < 1.29 is 9.47 Å². The average Bonchev–Trinajstić information content (AvgIpc) is 2.46. The van der Waals surface area contributed by atoms with Crippen LogP contribution in [0.3, 0.4) is 0 Å². The first-order valence-electron chi connectivity index (χ1n) is 7.51. The van der Waals surface area contributed by atoms with Gasteiger partial charge in [-0.1, -0.05) is 26.7 Å². The largest absolute Gasteiger partial charge is 0.494 e. The van der Waals surface area contributed by atoms with Crippen molar-refractivity contribution in [2.45, 2.75) is 47.0 Å². The summed E-state index contributed by atoms with van der Waals surface area (Å²) < 4.78 is 11.3. The van der Waals surface area contributed by atoms with Gasteiger partial charge in [0, 0.05) is 17.9 Å². The first kappa shape index (κ1) is 16.4. The molecule has 20 heavy (non-hydrogen) atoms. The van der Waals surface area contributed by atoms with Crippen LogP contribution in [0.5, 0.6) is 11.5 Å². The molecule has 0 aromatic heterocycles. The van der Waals surface area contributed by atoms with E-state index in [0.29, 0.717) is 25.0 Å². The Labute approximate surface area is 123 Å². The topological polar surface area (TPSA) is 18.5 Å². The highest BCUT2D eigenvalue weighted by molar-refractivity contribution is 5.43. The molecule has 110 valence electrons. The molecule has 0 saturated heterocycles. The zero-order chi connectivity index (χ0) is 15.0. The van der Waals surface area contributed by atoms with E-state index in [2.05, 4.69) is 38.7 Å². The van der Waals surface area contributed by atoms with Crippen molar-refractivity contribution in [3.63, 3.8) is 0 Å². The lowest BCUT2D eigenvalue weighted by Gasteiger charge is -2.20. The lowest BCUT2D eigenvalue weighted by molar-refractivity contribution is 0.324. The Balaban J connectivity index is 3.06. The summed E-state index contributed by atoms with van der Waals surface area (Å²) in [5, 5.41) is 0. The van der Waals surface area contributed by atoms with Crippen molar-refractivity contribution in [1.82, 2.24) is 0 Å². The highest BCUT2D eigenvalue weighted by atomic mass is 16.5. The van der Waals surface area contributed by atoms with Gasteiger partial charge in [-0.25, -0.2) is 0 Å². The Morgan fingerprint density at radius 1 is 1.05 bits per heavy atom. The number of hydrogen-bond donors (Lipinski definition) is 0. The third-order valence-electron chi connectivity index (χ3n) is 3.34. The van der Waals surface area contributed by atoms with E-state index in [0.717, 1.165) is 17.9 Å². The SMILES string of the molecule is CCC#CC(C)C(C)c1cc(OCC)ccc1OCC. The maximum atomic E-state index is 5.74. The fraction of sp³-hybridized carbons (Fsp3) is 0.556. The third-order valence-corrected chi connectivity index (χ3v) is 3.34. The summed E-state index contributed by atoms with van der Waals surface area (Å²) in [6.45, 7) is 11.8. The Hall–Kier alpha value is -1.62. The van der Waals surface area contributed by atoms with E-state index in [1.54, 1.807) is 0 Å². The summed E-state index contributed by atoms with van der Waals surface area (Å²) in [7, 11) is 0. The summed E-state index contributed by atoms with van der Waals surface area (Å²) >= 11 is 0. The molecule has 0 heterocycles. The standard InChI is InChI=1S/C18H26O2/c1-6-9-10-14(4)15(5)17-13-16(19-7-2)11-12-18(17)20-8-3/h11-15H,6-8H2,1-5H3. The van der Waals surface area contributed by atoms with Gasteiger partial charge in [0.05, 0.1) is 13.2 Å². The molecule has 0 aliphatic carbocycles. The summed E-state index contributed by atoms with van der Waals surface area (Å²) in [6.07, 6.45) is 0.897. The van der Waals surface area contributed by atoms with E-state index in [-0.39, 0.29) is 0 Å². The molecule has 2 heteroatoms. The molecule has 1 rings (SSSR count). The van der Waals surface area contributed by atoms with Crippen LogP contribution in [-0.4, -0.2) is 13.2 Å². The fourth-order valence-electron chi connectivity index (χ4n) is 2.08. The van der Waals surface area contributed by atoms with Crippen molar-refractivity contribution >= 4 is 0 Å². The highest BCUT2D eigenvalue weighted by Gasteiger charge is 2.18. The molecular formula is C18H26O2. The lowest BCUT2D eigenvalue weighted by atomic mass is 9.88. The van der Waals surface area contributed by atoms with Crippen LogP contribution in [0.2, 0.25) is 0 Å². The maximum absolute atomic E-state index is 5.74. The molecule has 1 aromatic rings. The van der Waals surface area contributed by atoms with Crippen LogP contribution in [0.15, 0.2) is 18.2 Å². The lowest BCUT2D eigenvalue weighted by Crippen LogP contribution is -2.07. The third kappa shape index (κ3) is 4.49.